The summed E-state index contributed by atoms with van der Waals surface area (Å²) < 4.78 is 16.5. The Morgan fingerprint density at radius 1 is 0.411 bits per heavy atom. The van der Waals surface area contributed by atoms with E-state index in [4.69, 9.17) is 5.11 Å². The van der Waals surface area contributed by atoms with E-state index in [0.29, 0.717) is 18.4 Å². The molecule has 0 unspecified atom stereocenters. The van der Waals surface area contributed by atoms with Gasteiger partial charge in [0, 0.05) is 55.7 Å². The molecule has 2 aromatic heterocycles. The Bertz CT molecular complexity index is 4100. The van der Waals surface area contributed by atoms with Crippen molar-refractivity contribution < 1.29 is 39.5 Å². The van der Waals surface area contributed by atoms with Crippen LogP contribution in [0.4, 0.5) is 15.0 Å². The number of nitrogens with zero attached hydrogens (tertiary/aromatic N) is 3. The molecule has 0 saturated heterocycles. The number of rotatable bonds is 16. The molecule has 16 rings (SSSR count). The zero-order valence-corrected chi connectivity index (χ0v) is 65.0. The number of amides is 2. The van der Waals surface area contributed by atoms with Crippen LogP contribution in [0.5, 0.6) is 0 Å². The molecule has 538 valence electrons. The molecular formula is C93H86FN5O3P4Pd. The van der Waals surface area contributed by atoms with Gasteiger partial charge < -0.3 is 15.7 Å². The number of aromatic nitrogens is 3. The van der Waals surface area contributed by atoms with Crippen molar-refractivity contribution in [2.24, 2.45) is 11.3 Å². The monoisotopic (exact) mass is 1570 g/mol. The van der Waals surface area contributed by atoms with Gasteiger partial charge in [0.15, 0.2) is 0 Å². The SMILES string of the molecule is CC1(C)Cc2c(-c3cc(NC(=O)[C@@H]4CCC[C@@H](NC(=O)O)C4)ncc3F)cnn2C1.[Pd].c1ccc(P(c2ccccc2)c2ccccc2)cc1.c1ccc(P(c2ccccc2)c2ccccc2)cc1.c1ccc(P(c2ccccc2)c2ccccc2)cc1.c1ccc(P(c2ccccc2)c2ccccc2)cc1. The molecule has 0 spiro atoms. The van der Waals surface area contributed by atoms with Crippen LogP contribution in [0.15, 0.2) is 382 Å². The van der Waals surface area contributed by atoms with Gasteiger partial charge >= 0.3 is 6.09 Å². The Kier molecular flexibility index (Phi) is 29.3. The fourth-order valence-electron chi connectivity index (χ4n) is 13.3. The largest absolute Gasteiger partial charge is 0.465 e. The molecule has 2 amide bonds. The Morgan fingerprint density at radius 3 is 0.944 bits per heavy atom. The molecule has 2 atom stereocenters. The average Bonchev–Trinajstić information content (AvgIpc) is 1.62. The first kappa shape index (κ1) is 78.1. The third-order valence-corrected chi connectivity index (χ3v) is 27.9. The third kappa shape index (κ3) is 22.1. The first-order valence-electron chi connectivity index (χ1n) is 35.8. The fourth-order valence-corrected chi connectivity index (χ4v) is 22.5. The van der Waals surface area contributed by atoms with Gasteiger partial charge in [0.1, 0.15) is 11.6 Å². The van der Waals surface area contributed by atoms with Gasteiger partial charge in [0.25, 0.3) is 0 Å². The zero-order chi connectivity index (χ0) is 73.1. The predicted octanol–water partition coefficient (Wildman–Crippen LogP) is 17.2. The number of carbonyl (C=O) groups excluding carboxylic acids is 1. The Balaban J connectivity index is 0.000000135. The zero-order valence-electron chi connectivity index (χ0n) is 59.9. The summed E-state index contributed by atoms with van der Waals surface area (Å²) >= 11 is 0. The summed E-state index contributed by atoms with van der Waals surface area (Å²) in [4.78, 5) is 27.6. The molecule has 14 heteroatoms. The number of benzene rings is 12. The minimum absolute atomic E-state index is 0. The van der Waals surface area contributed by atoms with Gasteiger partial charge in [-0.2, -0.15) is 5.10 Å². The van der Waals surface area contributed by atoms with Gasteiger partial charge in [-0.25, -0.2) is 14.2 Å². The number of hydrogen-bond acceptors (Lipinski definition) is 4. The molecule has 3 heterocycles. The number of halogens is 1. The Morgan fingerprint density at radius 2 is 0.682 bits per heavy atom. The van der Waals surface area contributed by atoms with Crippen LogP contribution < -0.4 is 74.3 Å². The number of carboxylic acid groups (broad SMARTS) is 1. The van der Waals surface area contributed by atoms with Crippen LogP contribution >= 0.6 is 31.7 Å². The van der Waals surface area contributed by atoms with E-state index in [2.05, 4.69) is 399 Å². The smallest absolute Gasteiger partial charge is 0.404 e. The minimum atomic E-state index is -1.08. The maximum absolute atomic E-state index is 14.6. The number of pyridine rings is 1. The molecule has 2 aliphatic rings. The maximum Gasteiger partial charge on any atom is 0.404 e. The van der Waals surface area contributed by atoms with Crippen molar-refractivity contribution in [3.05, 3.63) is 394 Å². The molecule has 14 aromatic rings. The van der Waals surface area contributed by atoms with E-state index in [0.717, 1.165) is 43.3 Å². The second kappa shape index (κ2) is 40.1. The van der Waals surface area contributed by atoms with Crippen molar-refractivity contribution >= 4 is 113 Å². The van der Waals surface area contributed by atoms with Crippen LogP contribution in [0.25, 0.3) is 11.1 Å². The number of anilines is 1. The van der Waals surface area contributed by atoms with Gasteiger partial charge in [-0.3, -0.25) is 9.48 Å². The van der Waals surface area contributed by atoms with E-state index in [1.165, 1.54) is 63.7 Å². The van der Waals surface area contributed by atoms with Crippen molar-refractivity contribution in [3.63, 3.8) is 0 Å². The third-order valence-electron chi connectivity index (χ3n) is 18.1. The first-order chi connectivity index (χ1) is 52.0. The molecule has 1 saturated carbocycles. The predicted molar refractivity (Wildman–Crippen MR) is 449 cm³/mol. The van der Waals surface area contributed by atoms with E-state index in [1.807, 2.05) is 4.68 Å². The van der Waals surface area contributed by atoms with Gasteiger partial charge in [0.2, 0.25) is 5.91 Å². The van der Waals surface area contributed by atoms with Gasteiger partial charge in [-0.15, -0.1) is 0 Å². The molecule has 8 nitrogen and oxygen atoms in total. The Hall–Kier alpha value is -9.95. The first-order valence-corrected chi connectivity index (χ1v) is 41.2. The second-order valence-electron chi connectivity index (χ2n) is 26.4. The Labute approximate surface area is 648 Å². The quantitative estimate of drug-likeness (QED) is 0.0660. The molecule has 12 aromatic carbocycles. The standard InChI is InChI=1S/C21H26FN5O3.4C18H15P.Pd/c1-21(2)8-17-15(9-24-27(17)11-21)14-7-18(23-10-16(14)22)26-19(28)12-4-3-5-13(6-12)25-20(29)30;4*1-4-10-16(11-5-1)19(17-12-6-2-7-13-17)18-14-8-3-9-15-18;/h7,9-10,12-13,25H,3-6,8,11H2,1-2H3,(H,29,30)(H,23,26,28);4*1-15H;/t12-,13-;;;;;/m1...../s1. The number of carbonyl (C=O) groups is 2. The summed E-state index contributed by atoms with van der Waals surface area (Å²) in [6, 6.07) is 131. The van der Waals surface area contributed by atoms with Gasteiger partial charge in [-0.05, 0) is 133 Å². The van der Waals surface area contributed by atoms with Crippen LogP contribution in [-0.2, 0) is 38.2 Å². The summed E-state index contributed by atoms with van der Waals surface area (Å²) in [5, 5.41) is 35.3. The van der Waals surface area contributed by atoms with Crippen LogP contribution in [-0.4, -0.2) is 37.9 Å². The van der Waals surface area contributed by atoms with E-state index in [-0.39, 0.29) is 49.5 Å². The van der Waals surface area contributed by atoms with E-state index >= 15 is 0 Å². The van der Waals surface area contributed by atoms with Crippen molar-refractivity contribution in [1.29, 1.82) is 0 Å². The molecule has 0 bridgehead atoms. The topological polar surface area (TPSA) is 109 Å². The van der Waals surface area contributed by atoms with E-state index in [1.54, 1.807) is 12.3 Å². The summed E-state index contributed by atoms with van der Waals surface area (Å²) in [7, 11) is -1.78. The average molecular weight is 1570 g/mol. The molecule has 1 fully saturated rings. The van der Waals surface area contributed by atoms with Gasteiger partial charge in [0.05, 0.1) is 12.4 Å². The molecule has 1 aliphatic heterocycles. The molecule has 1 aliphatic carbocycles. The van der Waals surface area contributed by atoms with E-state index < -0.39 is 43.6 Å². The normalized spacial score (nSPS) is 13.8. The summed E-state index contributed by atoms with van der Waals surface area (Å²) in [5.41, 5.74) is 2.14. The fraction of sp³-hybridized carbons (Fsp3) is 0.118. The van der Waals surface area contributed by atoms with Crippen LogP contribution in [0.2, 0.25) is 0 Å². The van der Waals surface area contributed by atoms with E-state index in [9.17, 15) is 14.0 Å². The number of fused-ring (bicyclic) bond motifs is 1. The number of nitrogens with one attached hydrogen (secondary N) is 2. The van der Waals surface area contributed by atoms with Crippen molar-refractivity contribution in [1.82, 2.24) is 20.1 Å². The molecule has 0 radical (unpaired) electrons. The van der Waals surface area contributed by atoms with Crippen LogP contribution in [0.1, 0.15) is 45.2 Å². The summed E-state index contributed by atoms with van der Waals surface area (Å²) in [5.74, 6) is -0.718. The minimum Gasteiger partial charge on any atom is -0.465 e. The maximum atomic E-state index is 14.6. The number of hydrogen-bond donors (Lipinski definition) is 3. The molecule has 3 N–H and O–H groups in total. The van der Waals surface area contributed by atoms with Crippen molar-refractivity contribution in [3.8, 4) is 11.1 Å². The molecule has 107 heavy (non-hydrogen) atoms. The summed E-state index contributed by atoms with van der Waals surface area (Å²) in [6.07, 6.45) is 5.11. The summed E-state index contributed by atoms with van der Waals surface area (Å²) in [6.45, 7) is 5.08. The second-order valence-corrected chi connectivity index (χ2v) is 35.3. The van der Waals surface area contributed by atoms with Crippen LogP contribution in [0.3, 0.4) is 0 Å². The molecular weight excluding hydrogens is 1480 g/mol. The van der Waals surface area contributed by atoms with Crippen LogP contribution in [0, 0.1) is 17.2 Å². The van der Waals surface area contributed by atoms with Crippen molar-refractivity contribution in [2.75, 3.05) is 5.32 Å². The van der Waals surface area contributed by atoms with Gasteiger partial charge in [-0.1, -0.05) is 384 Å². The van der Waals surface area contributed by atoms with Crippen molar-refractivity contribution in [2.45, 2.75) is 58.5 Å².